The fourth-order valence-corrected chi connectivity index (χ4v) is 2.33. The Morgan fingerprint density at radius 2 is 2.00 bits per heavy atom. The van der Waals surface area contributed by atoms with Crippen LogP contribution < -0.4 is 0 Å². The van der Waals surface area contributed by atoms with E-state index in [2.05, 4.69) is 15.6 Å². The third-order valence-electron chi connectivity index (χ3n) is 3.44. The van der Waals surface area contributed by atoms with Gasteiger partial charge in [0.25, 0.3) is 0 Å². The Bertz CT molecular complexity index is 531. The summed E-state index contributed by atoms with van der Waals surface area (Å²) >= 11 is 0. The average molecular weight is 256 g/mol. The van der Waals surface area contributed by atoms with Gasteiger partial charge in [0.15, 0.2) is 0 Å². The summed E-state index contributed by atoms with van der Waals surface area (Å²) in [7, 11) is 0. The Balaban J connectivity index is 1.82. The minimum Gasteiger partial charge on any atom is -0.335 e. The lowest BCUT2D eigenvalue weighted by atomic mass is 10.00. The van der Waals surface area contributed by atoms with Crippen LogP contribution in [0.5, 0.6) is 0 Å². The van der Waals surface area contributed by atoms with Crippen LogP contribution in [-0.2, 0) is 24.2 Å². The predicted molar refractivity (Wildman–Crippen MR) is 76.1 cm³/mol. The topological polar surface area (TPSA) is 34.9 Å². The molecule has 1 aromatic carbocycles. The molecule has 2 aromatic rings. The Hall–Kier alpha value is -1.90. The van der Waals surface area contributed by atoms with Gasteiger partial charge in [-0.1, -0.05) is 24.3 Å². The van der Waals surface area contributed by atoms with Crippen molar-refractivity contribution >= 4 is 6.29 Å². The number of rotatable bonds is 7. The standard InChI is InChI=1S/C16H20N2O/c1-14-17-10-12-18(14)11-5-4-8-15-6-2-3-7-16(15)9-13-19/h2-3,6-7,10,12-13H,4-5,8-9,11H2,1H3. The predicted octanol–water partition coefficient (Wildman–Crippen LogP) is 2.96. The molecule has 0 saturated heterocycles. The number of aldehydes is 1. The van der Waals surface area contributed by atoms with E-state index in [0.29, 0.717) is 6.42 Å². The second-order valence-electron chi connectivity index (χ2n) is 4.76. The number of hydrogen-bond donors (Lipinski definition) is 0. The highest BCUT2D eigenvalue weighted by Gasteiger charge is 2.02. The summed E-state index contributed by atoms with van der Waals surface area (Å²) in [6.07, 6.45) is 8.67. The van der Waals surface area contributed by atoms with Crippen LogP contribution in [0, 0.1) is 6.92 Å². The van der Waals surface area contributed by atoms with Gasteiger partial charge in [0.1, 0.15) is 12.1 Å². The minimum absolute atomic E-state index is 0.525. The maximum absolute atomic E-state index is 10.6. The summed E-state index contributed by atoms with van der Waals surface area (Å²) in [5.74, 6) is 1.07. The van der Waals surface area contributed by atoms with Crippen LogP contribution in [0.2, 0.25) is 0 Å². The van der Waals surface area contributed by atoms with E-state index < -0.39 is 0 Å². The van der Waals surface area contributed by atoms with E-state index in [1.165, 1.54) is 5.56 Å². The van der Waals surface area contributed by atoms with Gasteiger partial charge in [-0.2, -0.15) is 0 Å². The molecule has 2 rings (SSSR count). The highest BCUT2D eigenvalue weighted by Crippen LogP contribution is 2.13. The van der Waals surface area contributed by atoms with Crippen molar-refractivity contribution in [1.82, 2.24) is 9.55 Å². The molecular formula is C16H20N2O. The normalized spacial score (nSPS) is 10.6. The molecule has 3 nitrogen and oxygen atoms in total. The molecule has 0 bridgehead atoms. The smallest absolute Gasteiger partial charge is 0.124 e. The van der Waals surface area contributed by atoms with Crippen LogP contribution >= 0.6 is 0 Å². The highest BCUT2D eigenvalue weighted by molar-refractivity contribution is 5.56. The molecule has 0 aliphatic heterocycles. The second kappa shape index (κ2) is 6.88. The summed E-state index contributed by atoms with van der Waals surface area (Å²) in [4.78, 5) is 14.9. The van der Waals surface area contributed by atoms with E-state index in [1.807, 2.05) is 37.5 Å². The Labute approximate surface area is 114 Å². The monoisotopic (exact) mass is 256 g/mol. The summed E-state index contributed by atoms with van der Waals surface area (Å²) in [6.45, 7) is 3.04. The SMILES string of the molecule is Cc1nccn1CCCCc1ccccc1CC=O. The van der Waals surface area contributed by atoms with Crippen molar-refractivity contribution in [3.63, 3.8) is 0 Å². The van der Waals surface area contributed by atoms with E-state index in [9.17, 15) is 4.79 Å². The van der Waals surface area contributed by atoms with Crippen molar-refractivity contribution in [2.24, 2.45) is 0 Å². The molecule has 0 amide bonds. The van der Waals surface area contributed by atoms with Crippen molar-refractivity contribution in [3.05, 3.63) is 53.6 Å². The molecule has 3 heteroatoms. The van der Waals surface area contributed by atoms with E-state index in [1.54, 1.807) is 0 Å². The van der Waals surface area contributed by atoms with Crippen molar-refractivity contribution in [2.75, 3.05) is 0 Å². The molecule has 0 atom stereocenters. The van der Waals surface area contributed by atoms with E-state index in [0.717, 1.165) is 43.5 Å². The third kappa shape index (κ3) is 3.78. The summed E-state index contributed by atoms with van der Waals surface area (Å²) in [5.41, 5.74) is 2.47. The zero-order valence-corrected chi connectivity index (χ0v) is 11.4. The lowest BCUT2D eigenvalue weighted by Gasteiger charge is -2.08. The van der Waals surface area contributed by atoms with Gasteiger partial charge >= 0.3 is 0 Å². The number of aromatic nitrogens is 2. The van der Waals surface area contributed by atoms with Gasteiger partial charge in [0.2, 0.25) is 0 Å². The largest absolute Gasteiger partial charge is 0.335 e. The molecule has 0 unspecified atom stereocenters. The maximum atomic E-state index is 10.6. The maximum Gasteiger partial charge on any atom is 0.124 e. The molecule has 0 N–H and O–H groups in total. The molecule has 0 fully saturated rings. The third-order valence-corrected chi connectivity index (χ3v) is 3.44. The first kappa shape index (κ1) is 13.5. The Morgan fingerprint density at radius 3 is 2.68 bits per heavy atom. The second-order valence-corrected chi connectivity index (χ2v) is 4.76. The van der Waals surface area contributed by atoms with Gasteiger partial charge in [-0.25, -0.2) is 4.98 Å². The number of unbranched alkanes of at least 4 members (excludes halogenated alkanes) is 1. The number of aryl methyl sites for hydroxylation is 3. The number of carbonyl (C=O) groups is 1. The lowest BCUT2D eigenvalue weighted by Crippen LogP contribution is -2.01. The van der Waals surface area contributed by atoms with Gasteiger partial charge in [-0.3, -0.25) is 0 Å². The number of imidazole rings is 1. The Kier molecular flexibility index (Phi) is 4.90. The van der Waals surface area contributed by atoms with Gasteiger partial charge in [0, 0.05) is 25.4 Å². The van der Waals surface area contributed by atoms with Crippen molar-refractivity contribution < 1.29 is 4.79 Å². The van der Waals surface area contributed by atoms with Crippen molar-refractivity contribution in [3.8, 4) is 0 Å². The quantitative estimate of drug-likeness (QED) is 0.564. The highest BCUT2D eigenvalue weighted by atomic mass is 16.1. The van der Waals surface area contributed by atoms with Crippen LogP contribution in [0.3, 0.4) is 0 Å². The Morgan fingerprint density at radius 1 is 1.21 bits per heavy atom. The van der Waals surface area contributed by atoms with E-state index in [-0.39, 0.29) is 0 Å². The number of nitrogens with zero attached hydrogens (tertiary/aromatic N) is 2. The van der Waals surface area contributed by atoms with Gasteiger partial charge < -0.3 is 9.36 Å². The van der Waals surface area contributed by atoms with Crippen LogP contribution in [0.25, 0.3) is 0 Å². The van der Waals surface area contributed by atoms with Crippen LogP contribution in [0.4, 0.5) is 0 Å². The summed E-state index contributed by atoms with van der Waals surface area (Å²) in [5, 5.41) is 0. The van der Waals surface area contributed by atoms with Crippen LogP contribution in [-0.4, -0.2) is 15.8 Å². The average Bonchev–Trinajstić information content (AvgIpc) is 2.82. The molecule has 0 radical (unpaired) electrons. The first-order valence-corrected chi connectivity index (χ1v) is 6.79. The molecule has 0 aliphatic carbocycles. The van der Waals surface area contributed by atoms with Crippen molar-refractivity contribution in [2.45, 2.75) is 39.2 Å². The number of carbonyl (C=O) groups excluding carboxylic acids is 1. The first-order chi connectivity index (χ1) is 9.31. The number of hydrogen-bond acceptors (Lipinski definition) is 2. The molecule has 0 saturated carbocycles. The lowest BCUT2D eigenvalue weighted by molar-refractivity contribution is -0.107. The van der Waals surface area contributed by atoms with Crippen LogP contribution in [0.15, 0.2) is 36.7 Å². The van der Waals surface area contributed by atoms with Gasteiger partial charge in [0.05, 0.1) is 0 Å². The minimum atomic E-state index is 0.525. The molecule has 19 heavy (non-hydrogen) atoms. The summed E-state index contributed by atoms with van der Waals surface area (Å²) < 4.78 is 2.18. The van der Waals surface area contributed by atoms with Gasteiger partial charge in [-0.05, 0) is 37.3 Å². The zero-order valence-electron chi connectivity index (χ0n) is 11.4. The number of benzene rings is 1. The van der Waals surface area contributed by atoms with Gasteiger partial charge in [-0.15, -0.1) is 0 Å². The molecule has 100 valence electrons. The molecule has 0 aliphatic rings. The first-order valence-electron chi connectivity index (χ1n) is 6.79. The molecule has 1 aromatic heterocycles. The summed E-state index contributed by atoms with van der Waals surface area (Å²) in [6, 6.07) is 8.21. The molecule has 0 spiro atoms. The van der Waals surface area contributed by atoms with Crippen LogP contribution in [0.1, 0.15) is 29.8 Å². The molecular weight excluding hydrogens is 236 g/mol. The van der Waals surface area contributed by atoms with E-state index >= 15 is 0 Å². The molecule has 1 heterocycles. The van der Waals surface area contributed by atoms with E-state index in [4.69, 9.17) is 0 Å². The fraction of sp³-hybridized carbons (Fsp3) is 0.375. The fourth-order valence-electron chi connectivity index (χ4n) is 2.33. The zero-order chi connectivity index (χ0) is 13.5. The van der Waals surface area contributed by atoms with Crippen molar-refractivity contribution in [1.29, 1.82) is 0 Å².